The Morgan fingerprint density at radius 2 is 1.74 bits per heavy atom. The summed E-state index contributed by atoms with van der Waals surface area (Å²) in [4.78, 5) is 12.2. The number of nitrogens with one attached hydrogen (secondary N) is 2. The molecule has 0 radical (unpaired) electrons. The second-order valence-corrected chi connectivity index (χ2v) is 7.87. The van der Waals surface area contributed by atoms with E-state index < -0.39 is 10.0 Å². The highest BCUT2D eigenvalue weighted by atomic mass is 32.2. The number of aryl methyl sites for hydroxylation is 2. The van der Waals surface area contributed by atoms with E-state index >= 15 is 0 Å². The van der Waals surface area contributed by atoms with Crippen molar-refractivity contribution < 1.29 is 17.6 Å². The molecule has 0 aliphatic rings. The van der Waals surface area contributed by atoms with Crippen molar-refractivity contribution in [2.75, 3.05) is 4.72 Å². The van der Waals surface area contributed by atoms with Gasteiger partial charge >= 0.3 is 0 Å². The first-order valence-corrected chi connectivity index (χ1v) is 9.84. The van der Waals surface area contributed by atoms with Crippen LogP contribution in [0.5, 0.6) is 0 Å². The number of furan rings is 1. The second kappa shape index (κ2) is 7.67. The van der Waals surface area contributed by atoms with Gasteiger partial charge in [0.15, 0.2) is 0 Å². The number of carbonyl (C=O) groups excluding carboxylic acids is 1. The molecule has 0 unspecified atom stereocenters. The van der Waals surface area contributed by atoms with Gasteiger partial charge in [0.2, 0.25) is 0 Å². The van der Waals surface area contributed by atoms with Crippen LogP contribution in [0.3, 0.4) is 0 Å². The highest BCUT2D eigenvalue weighted by molar-refractivity contribution is 7.92. The van der Waals surface area contributed by atoms with Crippen molar-refractivity contribution in [2.45, 2.75) is 25.3 Å². The van der Waals surface area contributed by atoms with Crippen LogP contribution >= 0.6 is 0 Å². The Morgan fingerprint density at radius 1 is 1.00 bits per heavy atom. The van der Waals surface area contributed by atoms with E-state index in [1.807, 2.05) is 19.9 Å². The zero-order valence-corrected chi connectivity index (χ0v) is 15.8. The fourth-order valence-electron chi connectivity index (χ4n) is 2.49. The predicted octanol–water partition coefficient (Wildman–Crippen LogP) is 3.63. The zero-order chi connectivity index (χ0) is 19.4. The molecule has 0 aliphatic heterocycles. The van der Waals surface area contributed by atoms with E-state index in [0.29, 0.717) is 17.0 Å². The van der Waals surface area contributed by atoms with Crippen LogP contribution in [0.2, 0.25) is 0 Å². The number of hydrogen-bond acceptors (Lipinski definition) is 4. The van der Waals surface area contributed by atoms with Gasteiger partial charge in [-0.3, -0.25) is 9.52 Å². The standard InChI is InChI=1S/C20H20N2O4S/c1-14-5-8-17(12-15(14)2)22-27(24,25)19-9-6-16(7-10-19)20(23)21-13-18-4-3-11-26-18/h3-12,22H,13H2,1-2H3,(H,21,23). The summed E-state index contributed by atoms with van der Waals surface area (Å²) in [6.45, 7) is 4.15. The molecule has 0 atom stereocenters. The van der Waals surface area contributed by atoms with Gasteiger partial charge in [-0.05, 0) is 73.5 Å². The Labute approximate surface area is 158 Å². The predicted molar refractivity (Wildman–Crippen MR) is 103 cm³/mol. The van der Waals surface area contributed by atoms with Crippen LogP contribution in [-0.4, -0.2) is 14.3 Å². The number of anilines is 1. The number of carbonyl (C=O) groups is 1. The summed E-state index contributed by atoms with van der Waals surface area (Å²) in [5, 5.41) is 2.71. The lowest BCUT2D eigenvalue weighted by Gasteiger charge is -2.10. The minimum Gasteiger partial charge on any atom is -0.467 e. The van der Waals surface area contributed by atoms with E-state index in [1.54, 1.807) is 24.3 Å². The molecular weight excluding hydrogens is 364 g/mol. The molecule has 2 aromatic carbocycles. The maximum absolute atomic E-state index is 12.5. The monoisotopic (exact) mass is 384 g/mol. The number of sulfonamides is 1. The summed E-state index contributed by atoms with van der Waals surface area (Å²) < 4.78 is 32.8. The summed E-state index contributed by atoms with van der Waals surface area (Å²) in [7, 11) is -3.73. The van der Waals surface area contributed by atoms with Gasteiger partial charge in [-0.2, -0.15) is 0 Å². The summed E-state index contributed by atoms with van der Waals surface area (Å²) in [6.07, 6.45) is 1.53. The van der Waals surface area contributed by atoms with Gasteiger partial charge in [0.25, 0.3) is 15.9 Å². The van der Waals surface area contributed by atoms with Crippen molar-refractivity contribution in [1.82, 2.24) is 5.32 Å². The van der Waals surface area contributed by atoms with E-state index in [2.05, 4.69) is 10.0 Å². The molecule has 7 heteroatoms. The van der Waals surface area contributed by atoms with Crippen LogP contribution < -0.4 is 10.0 Å². The first kappa shape index (κ1) is 18.7. The number of amides is 1. The molecule has 0 bridgehead atoms. The topological polar surface area (TPSA) is 88.4 Å². The Balaban J connectivity index is 1.69. The third kappa shape index (κ3) is 4.57. The molecule has 0 aliphatic carbocycles. The van der Waals surface area contributed by atoms with E-state index in [-0.39, 0.29) is 17.3 Å². The maximum Gasteiger partial charge on any atom is 0.261 e. The van der Waals surface area contributed by atoms with Gasteiger partial charge in [0.1, 0.15) is 5.76 Å². The second-order valence-electron chi connectivity index (χ2n) is 6.19. The first-order chi connectivity index (χ1) is 12.8. The molecule has 0 saturated heterocycles. The minimum absolute atomic E-state index is 0.0864. The fourth-order valence-corrected chi connectivity index (χ4v) is 3.54. The lowest BCUT2D eigenvalue weighted by molar-refractivity contribution is 0.0948. The average Bonchev–Trinajstić information content (AvgIpc) is 3.16. The van der Waals surface area contributed by atoms with E-state index in [9.17, 15) is 13.2 Å². The molecular formula is C20H20N2O4S. The highest BCUT2D eigenvalue weighted by Crippen LogP contribution is 2.19. The maximum atomic E-state index is 12.5. The van der Waals surface area contributed by atoms with Gasteiger partial charge in [-0.15, -0.1) is 0 Å². The number of rotatable bonds is 6. The van der Waals surface area contributed by atoms with Crippen LogP contribution in [-0.2, 0) is 16.6 Å². The molecule has 1 heterocycles. The lowest BCUT2D eigenvalue weighted by Crippen LogP contribution is -2.22. The van der Waals surface area contributed by atoms with Crippen molar-refractivity contribution in [3.8, 4) is 0 Å². The quantitative estimate of drug-likeness (QED) is 0.679. The molecule has 27 heavy (non-hydrogen) atoms. The van der Waals surface area contributed by atoms with Gasteiger partial charge in [0, 0.05) is 11.3 Å². The van der Waals surface area contributed by atoms with Gasteiger partial charge < -0.3 is 9.73 Å². The summed E-state index contributed by atoms with van der Waals surface area (Å²) in [5.41, 5.74) is 2.95. The van der Waals surface area contributed by atoms with Crippen molar-refractivity contribution in [3.63, 3.8) is 0 Å². The molecule has 0 spiro atoms. The van der Waals surface area contributed by atoms with Crippen LogP contribution in [0.25, 0.3) is 0 Å². The Kier molecular flexibility index (Phi) is 5.32. The van der Waals surface area contributed by atoms with E-state index in [1.165, 1.54) is 30.5 Å². The minimum atomic E-state index is -3.73. The largest absolute Gasteiger partial charge is 0.467 e. The molecule has 3 aromatic rings. The fraction of sp³-hybridized carbons (Fsp3) is 0.150. The van der Waals surface area contributed by atoms with Gasteiger partial charge in [-0.25, -0.2) is 8.42 Å². The molecule has 140 valence electrons. The highest BCUT2D eigenvalue weighted by Gasteiger charge is 2.15. The Bertz CT molecular complexity index is 1040. The number of benzene rings is 2. The van der Waals surface area contributed by atoms with Crippen molar-refractivity contribution in [3.05, 3.63) is 83.3 Å². The molecule has 3 rings (SSSR count). The normalized spacial score (nSPS) is 11.2. The molecule has 0 saturated carbocycles. The Hall–Kier alpha value is -3.06. The third-order valence-electron chi connectivity index (χ3n) is 4.19. The SMILES string of the molecule is Cc1ccc(NS(=O)(=O)c2ccc(C(=O)NCc3ccco3)cc2)cc1C. The van der Waals surface area contributed by atoms with Gasteiger partial charge in [0.05, 0.1) is 17.7 Å². The Morgan fingerprint density at radius 3 is 2.37 bits per heavy atom. The van der Waals surface area contributed by atoms with Crippen molar-refractivity contribution >= 4 is 21.6 Å². The van der Waals surface area contributed by atoms with Crippen LogP contribution in [0.4, 0.5) is 5.69 Å². The smallest absolute Gasteiger partial charge is 0.261 e. The molecule has 0 fully saturated rings. The molecule has 2 N–H and O–H groups in total. The molecule has 1 amide bonds. The zero-order valence-electron chi connectivity index (χ0n) is 15.0. The van der Waals surface area contributed by atoms with E-state index in [4.69, 9.17) is 4.42 Å². The molecule has 6 nitrogen and oxygen atoms in total. The van der Waals surface area contributed by atoms with Crippen LogP contribution in [0, 0.1) is 13.8 Å². The lowest BCUT2D eigenvalue weighted by atomic mass is 10.1. The third-order valence-corrected chi connectivity index (χ3v) is 5.59. The van der Waals surface area contributed by atoms with Crippen LogP contribution in [0.1, 0.15) is 27.2 Å². The first-order valence-electron chi connectivity index (χ1n) is 8.36. The average molecular weight is 384 g/mol. The number of hydrogen-bond donors (Lipinski definition) is 2. The van der Waals surface area contributed by atoms with Crippen LogP contribution in [0.15, 0.2) is 70.2 Å². The summed E-state index contributed by atoms with van der Waals surface area (Å²) >= 11 is 0. The summed E-state index contributed by atoms with van der Waals surface area (Å²) in [6, 6.07) is 14.6. The molecule has 1 aromatic heterocycles. The van der Waals surface area contributed by atoms with Gasteiger partial charge in [-0.1, -0.05) is 6.07 Å². The van der Waals surface area contributed by atoms with Crippen molar-refractivity contribution in [2.24, 2.45) is 0 Å². The van der Waals surface area contributed by atoms with E-state index in [0.717, 1.165) is 11.1 Å². The summed E-state index contributed by atoms with van der Waals surface area (Å²) in [5.74, 6) is 0.331. The van der Waals surface area contributed by atoms with Crippen molar-refractivity contribution in [1.29, 1.82) is 0 Å².